The molecule has 3 amide bonds. The van der Waals surface area contributed by atoms with E-state index in [1.54, 1.807) is 29.2 Å². The van der Waals surface area contributed by atoms with Crippen LogP contribution in [0.15, 0.2) is 72.8 Å². The Kier molecular flexibility index (Phi) is 6.26. The van der Waals surface area contributed by atoms with E-state index in [1.165, 1.54) is 11.0 Å². The molecule has 6 rings (SSSR count). The number of carbonyl (C=O) groups is 2. The number of nitro groups is 1. The van der Waals surface area contributed by atoms with Crippen LogP contribution in [0.1, 0.15) is 48.2 Å². The SMILES string of the molecule is CCCCN1C(=O)[C@@H]2Cc3c([nH]c4ccccc34)[C@@H](c3cccc(OCc4ccccc4[N+](=O)[O-])c3)N2C1=O. The van der Waals surface area contributed by atoms with E-state index in [0.717, 1.165) is 40.6 Å². The summed E-state index contributed by atoms with van der Waals surface area (Å²) < 4.78 is 6.00. The van der Waals surface area contributed by atoms with Crippen LogP contribution in [0, 0.1) is 10.1 Å². The molecule has 1 saturated heterocycles. The molecule has 0 aliphatic carbocycles. The van der Waals surface area contributed by atoms with Gasteiger partial charge in [0.05, 0.1) is 10.5 Å². The third-order valence-electron chi connectivity index (χ3n) is 7.63. The fraction of sp³-hybridized carbons (Fsp3) is 0.267. The van der Waals surface area contributed by atoms with E-state index in [4.69, 9.17) is 4.74 Å². The number of nitro benzene ring substituents is 1. The number of rotatable bonds is 8. The molecule has 0 bridgehead atoms. The molecule has 2 aliphatic heterocycles. The van der Waals surface area contributed by atoms with E-state index in [2.05, 4.69) is 4.98 Å². The Morgan fingerprint density at radius 1 is 1.05 bits per heavy atom. The van der Waals surface area contributed by atoms with Gasteiger partial charge in [0.15, 0.2) is 0 Å². The summed E-state index contributed by atoms with van der Waals surface area (Å²) in [6, 6.07) is 20.5. The van der Waals surface area contributed by atoms with Gasteiger partial charge >= 0.3 is 6.03 Å². The summed E-state index contributed by atoms with van der Waals surface area (Å²) in [5.74, 6) is 0.365. The van der Waals surface area contributed by atoms with Gasteiger partial charge in [0.25, 0.3) is 11.6 Å². The molecule has 3 heterocycles. The zero-order valence-electron chi connectivity index (χ0n) is 21.5. The summed E-state index contributed by atoms with van der Waals surface area (Å²) in [6.45, 7) is 2.46. The van der Waals surface area contributed by atoms with Gasteiger partial charge in [0.2, 0.25) is 0 Å². The molecule has 0 radical (unpaired) electrons. The number of amides is 3. The number of carbonyl (C=O) groups excluding carboxylic acids is 2. The Hall–Kier alpha value is -4.66. The lowest BCUT2D eigenvalue weighted by atomic mass is 9.89. The lowest BCUT2D eigenvalue weighted by Crippen LogP contribution is -2.44. The topological polar surface area (TPSA) is 109 Å². The number of ether oxygens (including phenoxy) is 1. The van der Waals surface area contributed by atoms with Gasteiger partial charge < -0.3 is 9.72 Å². The number of para-hydroxylation sites is 2. The second-order valence-electron chi connectivity index (χ2n) is 9.97. The summed E-state index contributed by atoms with van der Waals surface area (Å²) >= 11 is 0. The molecule has 9 nitrogen and oxygen atoms in total. The Morgan fingerprint density at radius 3 is 2.67 bits per heavy atom. The Balaban J connectivity index is 1.39. The van der Waals surface area contributed by atoms with Gasteiger partial charge in [-0.25, -0.2) is 4.79 Å². The van der Waals surface area contributed by atoms with Crippen molar-refractivity contribution in [2.75, 3.05) is 6.54 Å². The van der Waals surface area contributed by atoms with E-state index in [0.29, 0.717) is 24.3 Å². The van der Waals surface area contributed by atoms with E-state index in [9.17, 15) is 19.7 Å². The highest BCUT2D eigenvalue weighted by Crippen LogP contribution is 2.44. The van der Waals surface area contributed by atoms with Crippen LogP contribution in [0.2, 0.25) is 0 Å². The monoisotopic (exact) mass is 524 g/mol. The van der Waals surface area contributed by atoms with Crippen molar-refractivity contribution < 1.29 is 19.2 Å². The van der Waals surface area contributed by atoms with Crippen LogP contribution < -0.4 is 4.74 Å². The summed E-state index contributed by atoms with van der Waals surface area (Å²) in [5, 5.41) is 12.5. The van der Waals surface area contributed by atoms with Crippen molar-refractivity contribution >= 4 is 28.5 Å². The second-order valence-corrected chi connectivity index (χ2v) is 9.97. The number of aromatic amines is 1. The van der Waals surface area contributed by atoms with Crippen LogP contribution in [-0.2, 0) is 17.8 Å². The molecule has 1 aromatic heterocycles. The van der Waals surface area contributed by atoms with Crippen molar-refractivity contribution in [2.45, 2.75) is 44.9 Å². The van der Waals surface area contributed by atoms with Crippen molar-refractivity contribution in [1.29, 1.82) is 0 Å². The number of hydrogen-bond donors (Lipinski definition) is 1. The van der Waals surface area contributed by atoms with Crippen molar-refractivity contribution in [1.82, 2.24) is 14.8 Å². The third kappa shape index (κ3) is 4.20. The third-order valence-corrected chi connectivity index (χ3v) is 7.63. The zero-order valence-corrected chi connectivity index (χ0v) is 21.5. The number of hydrogen-bond acceptors (Lipinski definition) is 5. The zero-order chi connectivity index (χ0) is 27.1. The summed E-state index contributed by atoms with van der Waals surface area (Å²) in [7, 11) is 0. The number of fused-ring (bicyclic) bond motifs is 4. The van der Waals surface area contributed by atoms with Gasteiger partial charge in [-0.1, -0.05) is 55.8 Å². The van der Waals surface area contributed by atoms with Gasteiger partial charge in [-0.15, -0.1) is 0 Å². The molecule has 9 heteroatoms. The first-order valence-electron chi connectivity index (χ1n) is 13.2. The number of nitrogens with one attached hydrogen (secondary N) is 1. The molecule has 0 spiro atoms. The van der Waals surface area contributed by atoms with Crippen LogP contribution in [0.3, 0.4) is 0 Å². The maximum atomic E-state index is 13.7. The number of imide groups is 1. The number of aromatic nitrogens is 1. The minimum absolute atomic E-state index is 0.000147. The molecule has 198 valence electrons. The first-order chi connectivity index (χ1) is 19.0. The van der Waals surface area contributed by atoms with Crippen LogP contribution in [0.5, 0.6) is 5.75 Å². The second kappa shape index (κ2) is 9.90. The van der Waals surface area contributed by atoms with Crippen LogP contribution in [0.25, 0.3) is 10.9 Å². The largest absolute Gasteiger partial charge is 0.489 e. The standard InChI is InChI=1S/C30H28N4O5/c1-2-3-15-32-29(35)26-17-23-22-12-5-6-13-24(22)31-27(23)28(33(26)30(32)36)19-10-8-11-21(16-19)39-18-20-9-4-7-14-25(20)34(37)38/h4-14,16,26,28,31H,2-3,15,17-18H2,1H3/t26-,28+/m0/s1. The molecule has 3 aromatic carbocycles. The molecule has 1 N–H and O–H groups in total. The first kappa shape index (κ1) is 24.7. The van der Waals surface area contributed by atoms with Crippen LogP contribution in [-0.4, -0.2) is 44.2 Å². The highest BCUT2D eigenvalue weighted by molar-refractivity contribution is 6.05. The van der Waals surface area contributed by atoms with Gasteiger partial charge in [-0.05, 0) is 41.8 Å². The predicted octanol–water partition coefficient (Wildman–Crippen LogP) is 5.73. The van der Waals surface area contributed by atoms with E-state index < -0.39 is 17.0 Å². The molecule has 2 atom stereocenters. The summed E-state index contributed by atoms with van der Waals surface area (Å²) in [4.78, 5) is 44.8. The van der Waals surface area contributed by atoms with Gasteiger partial charge in [-0.2, -0.15) is 0 Å². The van der Waals surface area contributed by atoms with Crippen molar-refractivity contribution in [3.8, 4) is 5.75 Å². The maximum Gasteiger partial charge on any atom is 0.328 e. The predicted molar refractivity (Wildman–Crippen MR) is 145 cm³/mol. The van der Waals surface area contributed by atoms with E-state index in [-0.39, 0.29) is 24.2 Å². The minimum atomic E-state index is -0.581. The fourth-order valence-corrected chi connectivity index (χ4v) is 5.74. The number of urea groups is 1. The smallest absolute Gasteiger partial charge is 0.328 e. The lowest BCUT2D eigenvalue weighted by molar-refractivity contribution is -0.385. The lowest BCUT2D eigenvalue weighted by Gasteiger charge is -2.36. The van der Waals surface area contributed by atoms with Gasteiger partial charge in [0.1, 0.15) is 24.4 Å². The van der Waals surface area contributed by atoms with Gasteiger partial charge in [0, 0.05) is 35.6 Å². The quantitative estimate of drug-likeness (QED) is 0.180. The number of benzene rings is 3. The average Bonchev–Trinajstić information content (AvgIpc) is 3.44. The van der Waals surface area contributed by atoms with Crippen molar-refractivity contribution in [2.24, 2.45) is 0 Å². The number of H-pyrrole nitrogens is 1. The van der Waals surface area contributed by atoms with Crippen molar-refractivity contribution in [3.63, 3.8) is 0 Å². The van der Waals surface area contributed by atoms with E-state index in [1.807, 2.05) is 49.4 Å². The van der Waals surface area contributed by atoms with Gasteiger partial charge in [-0.3, -0.25) is 24.7 Å². The number of unbranched alkanes of at least 4 members (excludes halogenated alkanes) is 1. The Morgan fingerprint density at radius 2 is 1.85 bits per heavy atom. The molecule has 0 saturated carbocycles. The summed E-state index contributed by atoms with van der Waals surface area (Å²) in [5.41, 5.74) is 4.16. The Bertz CT molecular complexity index is 1600. The van der Waals surface area contributed by atoms with Crippen LogP contribution >= 0.6 is 0 Å². The summed E-state index contributed by atoms with van der Waals surface area (Å²) in [6.07, 6.45) is 2.09. The molecule has 1 fully saturated rings. The van der Waals surface area contributed by atoms with E-state index >= 15 is 0 Å². The molecular weight excluding hydrogens is 496 g/mol. The molecular formula is C30H28N4O5. The molecule has 4 aromatic rings. The van der Waals surface area contributed by atoms with Crippen LogP contribution in [0.4, 0.5) is 10.5 Å². The molecule has 39 heavy (non-hydrogen) atoms. The highest BCUT2D eigenvalue weighted by Gasteiger charge is 2.52. The minimum Gasteiger partial charge on any atom is -0.489 e. The first-order valence-corrected chi connectivity index (χ1v) is 13.2. The average molecular weight is 525 g/mol. The normalized spacial score (nSPS) is 18.4. The number of nitrogens with zero attached hydrogens (tertiary/aromatic N) is 3. The molecule has 2 aliphatic rings. The molecule has 0 unspecified atom stereocenters. The Labute approximate surface area is 225 Å². The fourth-order valence-electron chi connectivity index (χ4n) is 5.74. The highest BCUT2D eigenvalue weighted by atomic mass is 16.6. The van der Waals surface area contributed by atoms with Crippen molar-refractivity contribution in [3.05, 3.63) is 105 Å². The maximum absolute atomic E-state index is 13.7.